The predicted molar refractivity (Wildman–Crippen MR) is 307 cm³/mol. The van der Waals surface area contributed by atoms with E-state index in [1.54, 1.807) is 55.1 Å². The molecule has 0 bridgehead atoms. The third-order valence-electron chi connectivity index (χ3n) is 12.9. The van der Waals surface area contributed by atoms with E-state index in [9.17, 15) is 28.8 Å². The van der Waals surface area contributed by atoms with Gasteiger partial charge in [-0.1, -0.05) is 91.0 Å². The lowest BCUT2D eigenvalue weighted by Crippen LogP contribution is -2.48. The van der Waals surface area contributed by atoms with Crippen LogP contribution in [0.2, 0.25) is 0 Å². The van der Waals surface area contributed by atoms with Crippen molar-refractivity contribution in [2.45, 2.75) is 12.8 Å². The van der Waals surface area contributed by atoms with Gasteiger partial charge in [-0.3, -0.25) is 48.7 Å². The summed E-state index contributed by atoms with van der Waals surface area (Å²) in [5.74, 6) is -3.04. The number of primary amides is 1. The fraction of sp³-hybridized carbons (Fsp3) is 0.143. The second kappa shape index (κ2) is 27.1. The number of hydrogen-bond acceptors (Lipinski definition) is 12. The molecule has 3 aromatic carbocycles. The fourth-order valence-electron chi connectivity index (χ4n) is 8.73. The average Bonchev–Trinajstić information content (AvgIpc) is 3.61. The van der Waals surface area contributed by atoms with Crippen LogP contribution >= 0.6 is 0 Å². The van der Waals surface area contributed by atoms with E-state index >= 15 is 0 Å². The summed E-state index contributed by atoms with van der Waals surface area (Å²) >= 11 is 0. The van der Waals surface area contributed by atoms with Crippen molar-refractivity contribution in [1.82, 2.24) is 55.7 Å². The molecule has 0 fully saturated rings. The number of nitrogens with one attached hydrogen (secondary N) is 3. The van der Waals surface area contributed by atoms with Crippen LogP contribution in [0.3, 0.4) is 0 Å². The Kier molecular flexibility index (Phi) is 18.5. The zero-order chi connectivity index (χ0) is 56.3. The molecule has 81 heavy (non-hydrogen) atoms. The zero-order valence-electron chi connectivity index (χ0n) is 44.0. The van der Waals surface area contributed by atoms with Crippen LogP contribution < -0.4 is 21.7 Å². The second-order valence-corrected chi connectivity index (χ2v) is 18.7. The van der Waals surface area contributed by atoms with Crippen molar-refractivity contribution in [1.29, 1.82) is 0 Å². The molecule has 0 saturated heterocycles. The molecule has 0 aliphatic carbocycles. The van der Waals surface area contributed by atoms with Gasteiger partial charge >= 0.3 is 0 Å². The Morgan fingerprint density at radius 1 is 0.395 bits per heavy atom. The first-order chi connectivity index (χ1) is 39.5. The molecule has 0 aliphatic rings. The van der Waals surface area contributed by atoms with Crippen LogP contribution in [0.1, 0.15) is 21.5 Å². The van der Waals surface area contributed by atoms with Gasteiger partial charge in [-0.05, 0) is 118 Å². The highest BCUT2D eigenvalue weighted by atomic mass is 16.2. The van der Waals surface area contributed by atoms with Gasteiger partial charge in [0.15, 0.2) is 0 Å². The first-order valence-corrected chi connectivity index (χ1v) is 26.1. The van der Waals surface area contributed by atoms with E-state index in [2.05, 4.69) is 35.9 Å². The van der Waals surface area contributed by atoms with E-state index < -0.39 is 36.7 Å². The molecule has 0 spiro atoms. The predicted octanol–water partition coefficient (Wildman–Crippen LogP) is 6.65. The lowest BCUT2D eigenvalue weighted by Gasteiger charge is -2.24. The third-order valence-corrected chi connectivity index (χ3v) is 12.9. The largest absolute Gasteiger partial charge is 0.368 e. The van der Waals surface area contributed by atoms with Crippen LogP contribution in [0.4, 0.5) is 0 Å². The molecule has 0 atom stereocenters. The van der Waals surface area contributed by atoms with Gasteiger partial charge in [-0.2, -0.15) is 0 Å². The molecule has 18 nitrogen and oxygen atoms in total. The molecule has 6 heterocycles. The van der Waals surface area contributed by atoms with Crippen LogP contribution in [-0.4, -0.2) is 121 Å². The highest BCUT2D eigenvalue weighted by molar-refractivity contribution is 5.94. The molecule has 0 aliphatic heterocycles. The molecule has 9 aromatic rings. The third kappa shape index (κ3) is 15.5. The van der Waals surface area contributed by atoms with Crippen molar-refractivity contribution in [2.75, 3.05) is 45.8 Å². The maximum absolute atomic E-state index is 14.1. The van der Waals surface area contributed by atoms with Crippen molar-refractivity contribution in [3.8, 4) is 67.8 Å². The molecular formula is C63H56N12O6. The normalized spacial score (nSPS) is 10.8. The number of nitrogens with two attached hydrogens (primary N) is 1. The molecule has 18 heteroatoms. The van der Waals surface area contributed by atoms with E-state index in [1.165, 1.54) is 9.80 Å². The van der Waals surface area contributed by atoms with Gasteiger partial charge in [-0.25, -0.2) is 9.97 Å². The molecular weight excluding hydrogens is 1020 g/mol. The van der Waals surface area contributed by atoms with Crippen LogP contribution in [0.25, 0.3) is 67.8 Å². The van der Waals surface area contributed by atoms with Gasteiger partial charge in [0.25, 0.3) is 5.91 Å². The molecule has 0 radical (unpaired) electrons. The Labute approximate surface area is 467 Å². The van der Waals surface area contributed by atoms with Crippen molar-refractivity contribution in [3.63, 3.8) is 0 Å². The number of rotatable bonds is 23. The van der Waals surface area contributed by atoms with E-state index in [-0.39, 0.29) is 57.4 Å². The number of nitrogens with zero attached hydrogens (tertiary/aromatic N) is 8. The van der Waals surface area contributed by atoms with Gasteiger partial charge < -0.3 is 31.5 Å². The summed E-state index contributed by atoms with van der Waals surface area (Å²) in [5, 5.41) is 8.06. The summed E-state index contributed by atoms with van der Waals surface area (Å²) in [7, 11) is 0. The number of hydrogen-bond donors (Lipinski definition) is 4. The summed E-state index contributed by atoms with van der Waals surface area (Å²) in [6, 6.07) is 53.9. The summed E-state index contributed by atoms with van der Waals surface area (Å²) in [4.78, 5) is 110. The Balaban J connectivity index is 0.869. The average molecular weight is 1080 g/mol. The molecule has 6 amide bonds. The van der Waals surface area contributed by atoms with Crippen LogP contribution in [0.15, 0.2) is 201 Å². The smallest absolute Gasteiger partial charge is 0.251 e. The Hall–Kier alpha value is -10.6. The molecule has 9 rings (SSSR count). The molecule has 5 N–H and O–H groups in total. The SMILES string of the molecule is NC(=O)CNC(=O)CN(CCNC(=O)CN(CCNC(=O)c1ccccc1)C(=O)Cc1ccc(-c2cc(-c3ccccn3)nc(-c3ccccn3)c2)cc1)C(=O)Cc1ccc(-c2cc(-c3ccccn3)nc(-c3ccccn3)c2)cc1. The van der Waals surface area contributed by atoms with Crippen molar-refractivity contribution in [3.05, 3.63) is 217 Å². The summed E-state index contributed by atoms with van der Waals surface area (Å²) < 4.78 is 0. The zero-order valence-corrected chi connectivity index (χ0v) is 44.0. The quantitative estimate of drug-likeness (QED) is 0.0526. The van der Waals surface area contributed by atoms with Gasteiger partial charge in [-0.15, -0.1) is 0 Å². The number of pyridine rings is 6. The first-order valence-electron chi connectivity index (χ1n) is 26.1. The Morgan fingerprint density at radius 3 is 1.14 bits per heavy atom. The number of carbonyl (C=O) groups is 6. The summed E-state index contributed by atoms with van der Waals surface area (Å²) in [5.41, 5.74) is 16.0. The number of amides is 6. The lowest BCUT2D eigenvalue weighted by molar-refractivity contribution is -0.136. The van der Waals surface area contributed by atoms with Crippen LogP contribution in [-0.2, 0) is 36.8 Å². The Bertz CT molecular complexity index is 3500. The highest BCUT2D eigenvalue weighted by Gasteiger charge is 2.22. The van der Waals surface area contributed by atoms with Crippen molar-refractivity contribution < 1.29 is 28.8 Å². The fourth-order valence-corrected chi connectivity index (χ4v) is 8.73. The minimum atomic E-state index is -0.756. The van der Waals surface area contributed by atoms with Crippen LogP contribution in [0, 0.1) is 0 Å². The summed E-state index contributed by atoms with van der Waals surface area (Å²) in [6.07, 6.45) is 6.68. The maximum Gasteiger partial charge on any atom is 0.251 e. The van der Waals surface area contributed by atoms with Crippen molar-refractivity contribution in [2.24, 2.45) is 5.73 Å². The van der Waals surface area contributed by atoms with E-state index in [0.717, 1.165) is 22.3 Å². The second-order valence-electron chi connectivity index (χ2n) is 18.7. The molecule has 6 aromatic heterocycles. The summed E-state index contributed by atoms with van der Waals surface area (Å²) in [6.45, 7) is -1.34. The minimum absolute atomic E-state index is 0.00785. The maximum atomic E-state index is 14.1. The van der Waals surface area contributed by atoms with E-state index in [4.69, 9.17) is 15.7 Å². The van der Waals surface area contributed by atoms with E-state index in [0.29, 0.717) is 62.2 Å². The monoisotopic (exact) mass is 1080 g/mol. The molecule has 0 unspecified atom stereocenters. The van der Waals surface area contributed by atoms with Crippen LogP contribution in [0.5, 0.6) is 0 Å². The van der Waals surface area contributed by atoms with Crippen molar-refractivity contribution >= 4 is 35.4 Å². The topological polar surface area (TPSA) is 248 Å². The highest BCUT2D eigenvalue weighted by Crippen LogP contribution is 2.31. The number of carbonyl (C=O) groups excluding carboxylic acids is 6. The van der Waals surface area contributed by atoms with Gasteiger partial charge in [0.1, 0.15) is 0 Å². The van der Waals surface area contributed by atoms with Gasteiger partial charge in [0.2, 0.25) is 29.5 Å². The number of benzene rings is 3. The number of aromatic nitrogens is 6. The lowest BCUT2D eigenvalue weighted by atomic mass is 10.0. The molecule has 0 saturated carbocycles. The minimum Gasteiger partial charge on any atom is -0.368 e. The standard InChI is InChI=1S/C63H56N12O6/c64-58(76)40-71-60(78)42-74(61(79)34-43-18-22-45(23-19-43)48-36-54(50-14-4-8-26-65-50)72-55(37-48)51-15-5-9-27-66-51)32-30-69-59(77)41-75(33-31-70-63(81)47-12-2-1-3-13-47)62(80)35-44-20-24-46(25-21-44)49-38-56(52-16-6-10-28-67-52)73-57(39-49)53-17-7-11-29-68-53/h1-29,36-39H,30-35,40-42H2,(H2,64,76)(H,69,77)(H,70,81)(H,71,78). The van der Waals surface area contributed by atoms with Gasteiger partial charge in [0.05, 0.1) is 78.0 Å². The Morgan fingerprint density at radius 2 is 0.765 bits per heavy atom. The van der Waals surface area contributed by atoms with E-state index in [1.807, 2.05) is 146 Å². The van der Waals surface area contributed by atoms with Gasteiger partial charge in [0, 0.05) is 56.5 Å². The molecule has 404 valence electrons. The first kappa shape index (κ1) is 55.1.